The van der Waals surface area contributed by atoms with Crippen molar-refractivity contribution < 1.29 is 9.59 Å². The third kappa shape index (κ3) is 3.02. The number of carbonyl (C=O) groups excluding carboxylic acids is 2. The zero-order chi connectivity index (χ0) is 12.3. The second-order valence-corrected chi connectivity index (χ2v) is 4.55. The summed E-state index contributed by atoms with van der Waals surface area (Å²) in [7, 11) is 0. The first-order valence-electron chi connectivity index (χ1n) is 5.55. The Morgan fingerprint density at radius 2 is 1.81 bits per heavy atom. The molecule has 0 heterocycles. The first-order valence-corrected chi connectivity index (χ1v) is 5.55. The lowest BCUT2D eigenvalue weighted by atomic mass is 9.96. The standard InChI is InChI=1S/C14H18O2/c1-9(2)14(16)13(15)8-12-7-10(3)5-6-11(12)4/h5-7,9H,8H2,1-4H3. The van der Waals surface area contributed by atoms with Crippen molar-refractivity contribution in [1.82, 2.24) is 0 Å². The van der Waals surface area contributed by atoms with Gasteiger partial charge in [-0.3, -0.25) is 9.59 Å². The summed E-state index contributed by atoms with van der Waals surface area (Å²) in [6, 6.07) is 5.96. The normalized spacial score (nSPS) is 10.6. The number of benzene rings is 1. The fourth-order valence-electron chi connectivity index (χ4n) is 1.57. The molecule has 2 nitrogen and oxygen atoms in total. The zero-order valence-corrected chi connectivity index (χ0v) is 10.3. The lowest BCUT2D eigenvalue weighted by molar-refractivity contribution is -0.138. The molecule has 0 atom stereocenters. The largest absolute Gasteiger partial charge is 0.291 e. The van der Waals surface area contributed by atoms with Crippen molar-refractivity contribution in [3.05, 3.63) is 34.9 Å². The Balaban J connectivity index is 2.85. The zero-order valence-electron chi connectivity index (χ0n) is 10.3. The highest BCUT2D eigenvalue weighted by Crippen LogP contribution is 2.12. The minimum absolute atomic E-state index is 0.211. The van der Waals surface area contributed by atoms with Gasteiger partial charge in [-0.1, -0.05) is 37.6 Å². The highest BCUT2D eigenvalue weighted by molar-refractivity contribution is 6.38. The van der Waals surface area contributed by atoms with Gasteiger partial charge >= 0.3 is 0 Å². The highest BCUT2D eigenvalue weighted by Gasteiger charge is 2.18. The summed E-state index contributed by atoms with van der Waals surface area (Å²) >= 11 is 0. The summed E-state index contributed by atoms with van der Waals surface area (Å²) in [4.78, 5) is 23.2. The third-order valence-corrected chi connectivity index (χ3v) is 2.65. The number of Topliss-reactive ketones (excluding diaryl/α,β-unsaturated/α-hetero) is 2. The summed E-state index contributed by atoms with van der Waals surface area (Å²) in [5, 5.41) is 0. The predicted octanol–water partition coefficient (Wildman–Crippen LogP) is 2.64. The molecule has 0 amide bonds. The second kappa shape index (κ2) is 5.06. The molecule has 0 aliphatic rings. The molecule has 1 aromatic rings. The van der Waals surface area contributed by atoms with Gasteiger partial charge in [-0.2, -0.15) is 0 Å². The molecule has 1 rings (SSSR count). The first kappa shape index (κ1) is 12.6. The van der Waals surface area contributed by atoms with Crippen LogP contribution in [0.25, 0.3) is 0 Å². The molecular formula is C14H18O2. The SMILES string of the molecule is Cc1ccc(C)c(CC(=O)C(=O)C(C)C)c1. The van der Waals surface area contributed by atoms with Crippen molar-refractivity contribution in [3.8, 4) is 0 Å². The van der Waals surface area contributed by atoms with E-state index in [4.69, 9.17) is 0 Å². The quantitative estimate of drug-likeness (QED) is 0.728. The molecule has 1 aromatic carbocycles. The Kier molecular flexibility index (Phi) is 3.99. The summed E-state index contributed by atoms with van der Waals surface area (Å²) in [5.41, 5.74) is 3.14. The van der Waals surface area contributed by atoms with Crippen molar-refractivity contribution >= 4 is 11.6 Å². The predicted molar refractivity (Wildman–Crippen MR) is 64.5 cm³/mol. The molecule has 0 aliphatic heterocycles. The number of rotatable bonds is 4. The number of hydrogen-bond acceptors (Lipinski definition) is 2. The van der Waals surface area contributed by atoms with Gasteiger partial charge in [0.2, 0.25) is 11.6 Å². The molecule has 0 fully saturated rings. The summed E-state index contributed by atoms with van der Waals surface area (Å²) < 4.78 is 0. The molecule has 0 saturated carbocycles. The Bertz CT molecular complexity index is 417. The monoisotopic (exact) mass is 218 g/mol. The molecule has 16 heavy (non-hydrogen) atoms. The Labute approximate surface area is 96.7 Å². The van der Waals surface area contributed by atoms with E-state index in [1.807, 2.05) is 32.0 Å². The van der Waals surface area contributed by atoms with Crippen LogP contribution in [0.1, 0.15) is 30.5 Å². The van der Waals surface area contributed by atoms with Crippen LogP contribution in [-0.2, 0) is 16.0 Å². The maximum Gasteiger partial charge on any atom is 0.203 e. The Hall–Kier alpha value is -1.44. The average Bonchev–Trinajstić information content (AvgIpc) is 2.22. The second-order valence-electron chi connectivity index (χ2n) is 4.55. The van der Waals surface area contributed by atoms with Gasteiger partial charge < -0.3 is 0 Å². The van der Waals surface area contributed by atoms with Crippen molar-refractivity contribution in [1.29, 1.82) is 0 Å². The molecular weight excluding hydrogens is 200 g/mol. The van der Waals surface area contributed by atoms with E-state index >= 15 is 0 Å². The van der Waals surface area contributed by atoms with E-state index in [0.717, 1.165) is 16.7 Å². The molecule has 0 aromatic heterocycles. The van der Waals surface area contributed by atoms with Crippen LogP contribution in [0.15, 0.2) is 18.2 Å². The van der Waals surface area contributed by atoms with Crippen LogP contribution >= 0.6 is 0 Å². The lowest BCUT2D eigenvalue weighted by Crippen LogP contribution is -2.21. The van der Waals surface area contributed by atoms with E-state index in [0.29, 0.717) is 0 Å². The van der Waals surface area contributed by atoms with E-state index in [1.54, 1.807) is 13.8 Å². The van der Waals surface area contributed by atoms with Crippen LogP contribution < -0.4 is 0 Å². The minimum Gasteiger partial charge on any atom is -0.291 e. The van der Waals surface area contributed by atoms with Crippen LogP contribution in [0.4, 0.5) is 0 Å². The van der Waals surface area contributed by atoms with Gasteiger partial charge in [0.15, 0.2) is 0 Å². The van der Waals surface area contributed by atoms with Crippen LogP contribution in [0.5, 0.6) is 0 Å². The number of aryl methyl sites for hydroxylation is 2. The van der Waals surface area contributed by atoms with Crippen molar-refractivity contribution in [2.24, 2.45) is 5.92 Å². The number of ketones is 2. The average molecular weight is 218 g/mol. The van der Waals surface area contributed by atoms with Gasteiger partial charge in [0.1, 0.15) is 0 Å². The van der Waals surface area contributed by atoms with Crippen LogP contribution in [0.2, 0.25) is 0 Å². The fraction of sp³-hybridized carbons (Fsp3) is 0.429. The molecule has 0 bridgehead atoms. The van der Waals surface area contributed by atoms with Crippen LogP contribution in [-0.4, -0.2) is 11.6 Å². The smallest absolute Gasteiger partial charge is 0.203 e. The van der Waals surface area contributed by atoms with E-state index < -0.39 is 0 Å². The molecule has 0 spiro atoms. The van der Waals surface area contributed by atoms with Gasteiger partial charge in [-0.25, -0.2) is 0 Å². The van der Waals surface area contributed by atoms with E-state index in [9.17, 15) is 9.59 Å². The molecule has 86 valence electrons. The minimum atomic E-state index is -0.288. The summed E-state index contributed by atoms with van der Waals surface area (Å²) in [5.74, 6) is -0.776. The molecule has 0 unspecified atom stereocenters. The van der Waals surface area contributed by atoms with E-state index in [1.165, 1.54) is 0 Å². The third-order valence-electron chi connectivity index (χ3n) is 2.65. The van der Waals surface area contributed by atoms with Gasteiger partial charge in [0.25, 0.3) is 0 Å². The van der Waals surface area contributed by atoms with Gasteiger partial charge in [-0.15, -0.1) is 0 Å². The van der Waals surface area contributed by atoms with E-state index in [2.05, 4.69) is 0 Å². The Morgan fingerprint density at radius 3 is 2.38 bits per heavy atom. The molecule has 0 saturated heterocycles. The van der Waals surface area contributed by atoms with E-state index in [-0.39, 0.29) is 23.9 Å². The highest BCUT2D eigenvalue weighted by atomic mass is 16.2. The van der Waals surface area contributed by atoms with Crippen molar-refractivity contribution in [2.75, 3.05) is 0 Å². The first-order chi connectivity index (χ1) is 7.41. The fourth-order valence-corrected chi connectivity index (χ4v) is 1.57. The van der Waals surface area contributed by atoms with Crippen LogP contribution in [0.3, 0.4) is 0 Å². The summed E-state index contributed by atoms with van der Waals surface area (Å²) in [6.07, 6.45) is 0.227. The molecule has 0 N–H and O–H groups in total. The van der Waals surface area contributed by atoms with Crippen molar-refractivity contribution in [2.45, 2.75) is 34.1 Å². The van der Waals surface area contributed by atoms with Gasteiger partial charge in [0.05, 0.1) is 0 Å². The molecule has 0 radical (unpaired) electrons. The van der Waals surface area contributed by atoms with Crippen molar-refractivity contribution in [3.63, 3.8) is 0 Å². The maximum atomic E-state index is 11.7. The van der Waals surface area contributed by atoms with Crippen LogP contribution in [0, 0.1) is 19.8 Å². The molecule has 0 aliphatic carbocycles. The van der Waals surface area contributed by atoms with Gasteiger partial charge in [-0.05, 0) is 25.0 Å². The Morgan fingerprint density at radius 1 is 1.19 bits per heavy atom. The maximum absolute atomic E-state index is 11.7. The molecule has 2 heteroatoms. The lowest BCUT2D eigenvalue weighted by Gasteiger charge is -2.07. The number of hydrogen-bond donors (Lipinski definition) is 0. The number of carbonyl (C=O) groups is 2. The van der Waals surface area contributed by atoms with Gasteiger partial charge in [0, 0.05) is 12.3 Å². The topological polar surface area (TPSA) is 34.1 Å². The summed E-state index contributed by atoms with van der Waals surface area (Å²) in [6.45, 7) is 7.45.